The van der Waals surface area contributed by atoms with Gasteiger partial charge in [-0.1, -0.05) is 18.2 Å². The second kappa shape index (κ2) is 8.17. The Morgan fingerprint density at radius 2 is 1.97 bits per heavy atom. The van der Waals surface area contributed by atoms with E-state index in [4.69, 9.17) is 0 Å². The highest BCUT2D eigenvalue weighted by Gasteiger charge is 2.19. The molecule has 11 nitrogen and oxygen atoms in total. The molecule has 0 fully saturated rings. The molecule has 1 unspecified atom stereocenters. The average molecular weight is 437 g/mol. The molecule has 4 rings (SSSR count). The Morgan fingerprint density at radius 3 is 2.72 bits per heavy atom. The van der Waals surface area contributed by atoms with Gasteiger partial charge in [-0.25, -0.2) is 9.78 Å². The summed E-state index contributed by atoms with van der Waals surface area (Å²) in [5, 5.41) is 14.9. The average Bonchev–Trinajstić information content (AvgIpc) is 3.35. The molecule has 3 aromatic heterocycles. The van der Waals surface area contributed by atoms with E-state index in [0.717, 1.165) is 21.0 Å². The van der Waals surface area contributed by atoms with Crippen LogP contribution >= 0.6 is 0 Å². The van der Waals surface area contributed by atoms with Gasteiger partial charge in [-0.2, -0.15) is 0 Å². The van der Waals surface area contributed by atoms with Gasteiger partial charge in [-0.3, -0.25) is 18.7 Å². The third-order valence-corrected chi connectivity index (χ3v) is 5.48. The largest absolute Gasteiger partial charge is 0.548 e. The zero-order chi connectivity index (χ0) is 23.0. The number of aryl methyl sites for hydroxylation is 2. The fraction of sp³-hybridized carbons (Fsp3) is 0.286. The summed E-state index contributed by atoms with van der Waals surface area (Å²) in [6.07, 6.45) is 2.90. The highest BCUT2D eigenvalue weighted by Crippen LogP contribution is 2.19. The lowest BCUT2D eigenvalue weighted by Crippen LogP contribution is -2.49. The number of benzene rings is 1. The van der Waals surface area contributed by atoms with Gasteiger partial charge >= 0.3 is 5.69 Å². The molecule has 2 N–H and O–H groups in total. The summed E-state index contributed by atoms with van der Waals surface area (Å²) < 4.78 is 3.67. The molecule has 0 saturated carbocycles. The molecule has 0 radical (unpaired) electrons. The molecular weight excluding hydrogens is 416 g/mol. The first-order valence-corrected chi connectivity index (χ1v) is 9.94. The van der Waals surface area contributed by atoms with Crippen molar-refractivity contribution in [1.29, 1.82) is 0 Å². The van der Waals surface area contributed by atoms with E-state index < -0.39 is 29.2 Å². The predicted molar refractivity (Wildman–Crippen MR) is 114 cm³/mol. The van der Waals surface area contributed by atoms with E-state index in [0.29, 0.717) is 0 Å². The first-order chi connectivity index (χ1) is 15.3. The maximum Gasteiger partial charge on any atom is 0.332 e. The second-order valence-corrected chi connectivity index (χ2v) is 7.58. The van der Waals surface area contributed by atoms with Crippen LogP contribution in [0, 0.1) is 0 Å². The maximum atomic E-state index is 12.7. The summed E-state index contributed by atoms with van der Waals surface area (Å²) in [5.41, 5.74) is 0.891. The number of H-pyrrole nitrogens is 1. The van der Waals surface area contributed by atoms with Crippen LogP contribution < -0.4 is 21.7 Å². The lowest BCUT2D eigenvalue weighted by Gasteiger charge is -2.19. The van der Waals surface area contributed by atoms with E-state index in [-0.39, 0.29) is 30.6 Å². The highest BCUT2D eigenvalue weighted by atomic mass is 16.4. The summed E-state index contributed by atoms with van der Waals surface area (Å²) in [6, 6.07) is 6.15. The molecule has 0 spiro atoms. The zero-order valence-corrected chi connectivity index (χ0v) is 17.5. The van der Waals surface area contributed by atoms with Crippen LogP contribution in [-0.4, -0.2) is 41.6 Å². The number of imidazole rings is 1. The van der Waals surface area contributed by atoms with Crippen LogP contribution in [0.25, 0.3) is 22.1 Å². The lowest BCUT2D eigenvalue weighted by molar-refractivity contribution is -0.308. The summed E-state index contributed by atoms with van der Waals surface area (Å²) >= 11 is 0. The molecule has 0 aliphatic heterocycles. The number of nitrogens with zero attached hydrogens (tertiary/aromatic N) is 4. The number of para-hydroxylation sites is 1. The first-order valence-electron chi connectivity index (χ1n) is 9.94. The molecule has 11 heteroatoms. The Morgan fingerprint density at radius 1 is 1.22 bits per heavy atom. The standard InChI is InChI=1S/C21H22N6O5/c1-25-11-23-18-17(25)19(29)27(21(32)26(18)2)8-7-16(28)24-15(20(30)31)9-12-10-22-14-6-4-3-5-13(12)14/h3-6,10-11,15,22H,7-9H2,1-2H3,(H,24,28)(H,30,31)/p-1. The van der Waals surface area contributed by atoms with E-state index >= 15 is 0 Å². The smallest absolute Gasteiger partial charge is 0.332 e. The molecule has 0 aliphatic carbocycles. The Labute approximate surface area is 180 Å². The third kappa shape index (κ3) is 3.68. The van der Waals surface area contributed by atoms with Crippen LogP contribution in [0.3, 0.4) is 0 Å². The predicted octanol–water partition coefficient (Wildman–Crippen LogP) is -1.22. The molecule has 1 atom stereocenters. The van der Waals surface area contributed by atoms with E-state index in [1.54, 1.807) is 13.2 Å². The number of carboxylic acids is 1. The monoisotopic (exact) mass is 437 g/mol. The topological polar surface area (TPSA) is 147 Å². The minimum absolute atomic E-state index is 0.0286. The number of nitrogens with one attached hydrogen (secondary N) is 2. The van der Waals surface area contributed by atoms with Gasteiger partial charge in [0.15, 0.2) is 11.2 Å². The van der Waals surface area contributed by atoms with Gasteiger partial charge in [-0.15, -0.1) is 0 Å². The van der Waals surface area contributed by atoms with Crippen LogP contribution in [0.2, 0.25) is 0 Å². The van der Waals surface area contributed by atoms with E-state index in [1.807, 2.05) is 24.3 Å². The zero-order valence-electron chi connectivity index (χ0n) is 17.5. The van der Waals surface area contributed by atoms with Crippen LogP contribution in [0.15, 0.2) is 46.4 Å². The quantitative estimate of drug-likeness (QED) is 0.371. The number of aliphatic carboxylic acids is 1. The molecule has 1 amide bonds. The molecule has 0 bridgehead atoms. The van der Waals surface area contributed by atoms with E-state index in [9.17, 15) is 24.3 Å². The molecule has 4 aromatic rings. The number of hydrogen-bond acceptors (Lipinski definition) is 6. The number of fused-ring (bicyclic) bond motifs is 2. The Kier molecular flexibility index (Phi) is 5.39. The molecule has 1 aromatic carbocycles. The Hall–Kier alpha value is -4.15. The van der Waals surface area contributed by atoms with Crippen LogP contribution in [0.5, 0.6) is 0 Å². The van der Waals surface area contributed by atoms with Crippen molar-refractivity contribution in [2.24, 2.45) is 14.1 Å². The van der Waals surface area contributed by atoms with Crippen molar-refractivity contribution in [2.45, 2.75) is 25.4 Å². The summed E-state index contributed by atoms with van der Waals surface area (Å²) in [7, 11) is 3.12. The molecule has 166 valence electrons. The number of hydrogen-bond donors (Lipinski definition) is 2. The van der Waals surface area contributed by atoms with Gasteiger partial charge in [0.2, 0.25) is 5.91 Å². The van der Waals surface area contributed by atoms with Crippen molar-refractivity contribution in [1.82, 2.24) is 29.0 Å². The molecular formula is C21H21N6O5-. The fourth-order valence-corrected chi connectivity index (χ4v) is 3.79. The molecule has 3 heterocycles. The fourth-order valence-electron chi connectivity index (χ4n) is 3.79. The minimum atomic E-state index is -1.42. The number of aromatic amines is 1. The first kappa shape index (κ1) is 21.1. The number of amides is 1. The van der Waals surface area contributed by atoms with E-state index in [1.165, 1.54) is 22.5 Å². The number of aromatic nitrogens is 5. The molecule has 32 heavy (non-hydrogen) atoms. The van der Waals surface area contributed by atoms with Gasteiger partial charge in [-0.05, 0) is 11.6 Å². The van der Waals surface area contributed by atoms with Gasteiger partial charge in [0.05, 0.1) is 18.3 Å². The minimum Gasteiger partial charge on any atom is -0.548 e. The van der Waals surface area contributed by atoms with Crippen molar-refractivity contribution in [2.75, 3.05) is 0 Å². The number of carbonyl (C=O) groups excluding carboxylic acids is 2. The van der Waals surface area contributed by atoms with Crippen LogP contribution in [0.4, 0.5) is 0 Å². The van der Waals surface area contributed by atoms with Crippen molar-refractivity contribution >= 4 is 33.9 Å². The van der Waals surface area contributed by atoms with Crippen molar-refractivity contribution in [3.63, 3.8) is 0 Å². The number of carboxylic acid groups (broad SMARTS) is 1. The van der Waals surface area contributed by atoms with Crippen molar-refractivity contribution in [3.05, 3.63) is 63.2 Å². The van der Waals surface area contributed by atoms with Crippen LogP contribution in [-0.2, 0) is 36.6 Å². The maximum absolute atomic E-state index is 12.7. The third-order valence-electron chi connectivity index (χ3n) is 5.48. The van der Waals surface area contributed by atoms with E-state index in [2.05, 4.69) is 15.3 Å². The van der Waals surface area contributed by atoms with Gasteiger partial charge in [0.25, 0.3) is 5.56 Å². The molecule has 0 saturated heterocycles. The lowest BCUT2D eigenvalue weighted by atomic mass is 10.0. The van der Waals surface area contributed by atoms with Crippen molar-refractivity contribution < 1.29 is 14.7 Å². The van der Waals surface area contributed by atoms with Crippen LogP contribution in [0.1, 0.15) is 12.0 Å². The second-order valence-electron chi connectivity index (χ2n) is 7.58. The Bertz CT molecular complexity index is 1460. The van der Waals surface area contributed by atoms with Gasteiger partial charge < -0.3 is 24.8 Å². The van der Waals surface area contributed by atoms with Gasteiger partial charge in [0.1, 0.15) is 0 Å². The van der Waals surface area contributed by atoms with Crippen molar-refractivity contribution in [3.8, 4) is 0 Å². The highest BCUT2D eigenvalue weighted by molar-refractivity contribution is 5.86. The summed E-state index contributed by atoms with van der Waals surface area (Å²) in [5.74, 6) is -2.04. The SMILES string of the molecule is Cn1cnc2c1c(=O)n(CCC(=O)NC(Cc1c[nH]c3ccccc13)C(=O)[O-])c(=O)n2C. The number of rotatable bonds is 7. The van der Waals surface area contributed by atoms with Gasteiger partial charge in [0, 0.05) is 50.6 Å². The molecule has 0 aliphatic rings. The Balaban J connectivity index is 1.50. The number of carbonyl (C=O) groups is 2. The summed E-state index contributed by atoms with van der Waals surface area (Å²) in [4.78, 5) is 56.4. The normalized spacial score (nSPS) is 12.3. The summed E-state index contributed by atoms with van der Waals surface area (Å²) in [6.45, 7) is -0.203.